The van der Waals surface area contributed by atoms with Crippen molar-refractivity contribution in [2.45, 2.75) is 47.0 Å². The zero-order valence-corrected chi connectivity index (χ0v) is 29.3. The summed E-state index contributed by atoms with van der Waals surface area (Å²) in [4.78, 5) is 1.71. The Morgan fingerprint density at radius 2 is 1.50 bits per heavy atom. The minimum atomic E-state index is -4.28. The van der Waals surface area contributed by atoms with Crippen LogP contribution in [0.2, 0.25) is 0 Å². The van der Waals surface area contributed by atoms with E-state index in [0.29, 0.717) is 5.70 Å². The van der Waals surface area contributed by atoms with Gasteiger partial charge in [0.15, 0.2) is 12.3 Å². The van der Waals surface area contributed by atoms with Crippen molar-refractivity contribution in [1.29, 1.82) is 0 Å². The predicted octanol–water partition coefficient (Wildman–Crippen LogP) is 4.84. The predicted molar refractivity (Wildman–Crippen MR) is 181 cm³/mol. The lowest BCUT2D eigenvalue weighted by molar-refractivity contribution is -0.432. The molecule has 0 saturated heterocycles. The van der Waals surface area contributed by atoms with Crippen LogP contribution in [0, 0.1) is 5.41 Å². The molecule has 2 aliphatic heterocycles. The minimum Gasteiger partial charge on any atom is -0.343 e. The van der Waals surface area contributed by atoms with Crippen LogP contribution in [0.5, 0.6) is 0 Å². The van der Waals surface area contributed by atoms with Crippen molar-refractivity contribution >= 4 is 41.8 Å². The summed E-state index contributed by atoms with van der Waals surface area (Å²) in [6, 6.07) is 7.75. The van der Waals surface area contributed by atoms with Gasteiger partial charge in [0.2, 0.25) is 5.69 Å². The highest BCUT2D eigenvalue weighted by Crippen LogP contribution is 2.47. The molecule has 3 N–H and O–H groups in total. The van der Waals surface area contributed by atoms with E-state index in [-0.39, 0.29) is 13.1 Å². The van der Waals surface area contributed by atoms with E-state index < -0.39 is 58.4 Å². The van der Waals surface area contributed by atoms with Crippen molar-refractivity contribution in [2.75, 3.05) is 30.3 Å². The Bertz CT molecular complexity index is 1910. The Morgan fingerprint density at radius 3 is 2.11 bits per heavy atom. The van der Waals surface area contributed by atoms with Gasteiger partial charge in [-0.05, 0) is 45.4 Å². The second-order valence-electron chi connectivity index (χ2n) is 12.4. The third-order valence-corrected chi connectivity index (χ3v) is 10.3. The SMILES string of the molecule is CC1=C(/C=C\CS(=O)(=O)O)N(CCS(=O)(=O)O)/C(=C/C=C/C(C)=C/C=C/C2=[N+](CCS(=O)(=O)O)c3ccccc3C2(C)C)C1(C)C. The lowest BCUT2D eigenvalue weighted by Gasteiger charge is -2.28. The zero-order valence-electron chi connectivity index (χ0n) is 26.9. The zero-order chi connectivity index (χ0) is 34.7. The van der Waals surface area contributed by atoms with Crippen LogP contribution in [0.3, 0.4) is 0 Å². The second-order valence-corrected chi connectivity index (χ2v) is 17.0. The molecule has 1 aromatic carbocycles. The highest BCUT2D eigenvalue weighted by atomic mass is 32.2. The summed E-state index contributed by atoms with van der Waals surface area (Å²) in [5.41, 5.74) is 4.87. The number of allylic oxidation sites excluding steroid dienone is 9. The summed E-state index contributed by atoms with van der Waals surface area (Å²) in [5, 5.41) is 0. The molecular formula is C32H43N2O9S3+. The van der Waals surface area contributed by atoms with Crippen LogP contribution in [0.15, 0.2) is 95.4 Å². The van der Waals surface area contributed by atoms with Crippen LogP contribution in [0.25, 0.3) is 0 Å². The van der Waals surface area contributed by atoms with Crippen molar-refractivity contribution < 1.29 is 43.5 Å². The smallest absolute Gasteiger partial charge is 0.271 e. The average molecular weight is 696 g/mol. The van der Waals surface area contributed by atoms with E-state index in [1.807, 2.05) is 93.0 Å². The van der Waals surface area contributed by atoms with E-state index in [4.69, 9.17) is 4.55 Å². The lowest BCUT2D eigenvalue weighted by Crippen LogP contribution is -2.29. The van der Waals surface area contributed by atoms with Gasteiger partial charge in [-0.1, -0.05) is 68.0 Å². The van der Waals surface area contributed by atoms with Gasteiger partial charge in [-0.25, -0.2) is 0 Å². The summed E-state index contributed by atoms with van der Waals surface area (Å²) in [6.45, 7) is 11.8. The van der Waals surface area contributed by atoms with Gasteiger partial charge < -0.3 is 4.90 Å². The molecule has 0 saturated carbocycles. The van der Waals surface area contributed by atoms with Gasteiger partial charge in [0.05, 0.1) is 16.9 Å². The molecule has 11 nitrogen and oxygen atoms in total. The molecule has 0 atom stereocenters. The summed E-state index contributed by atoms with van der Waals surface area (Å²) in [5.74, 6) is -1.56. The van der Waals surface area contributed by atoms with Gasteiger partial charge in [0.25, 0.3) is 30.4 Å². The molecule has 0 unspecified atom stereocenters. The topological polar surface area (TPSA) is 169 Å². The fourth-order valence-electron chi connectivity index (χ4n) is 5.65. The third kappa shape index (κ3) is 9.46. The Labute approximate surface area is 273 Å². The molecule has 0 bridgehead atoms. The van der Waals surface area contributed by atoms with Crippen molar-refractivity contribution in [2.24, 2.45) is 5.41 Å². The van der Waals surface area contributed by atoms with Gasteiger partial charge in [0, 0.05) is 41.1 Å². The van der Waals surface area contributed by atoms with Crippen molar-refractivity contribution in [3.63, 3.8) is 0 Å². The molecule has 2 heterocycles. The molecule has 0 spiro atoms. The lowest BCUT2D eigenvalue weighted by atomic mass is 9.81. The molecule has 0 radical (unpaired) electrons. The van der Waals surface area contributed by atoms with Gasteiger partial charge in [0.1, 0.15) is 5.75 Å². The number of fused-ring (bicyclic) bond motifs is 1. The standard InChI is InChI=1S/C32H42N2O9S3/c1-24(13-10-18-30-32(5,6)26-14-7-8-15-28(26)34(30)20-23-46(41,42)43)12-9-17-29-31(3,4)25(2)27(16-11-21-44(35,36)37)33(29)19-22-45(38,39)40/h7-18H,19-23H2,1-6H3,(H2-,35,36,37,38,39,40,41,42,43)/p+1/b16-11-. The highest BCUT2D eigenvalue weighted by Gasteiger charge is 2.44. The first-order valence-electron chi connectivity index (χ1n) is 14.5. The van der Waals surface area contributed by atoms with Crippen molar-refractivity contribution in [3.05, 3.63) is 101 Å². The molecule has 0 aliphatic carbocycles. The minimum absolute atomic E-state index is 0.0761. The number of hydrogen-bond acceptors (Lipinski definition) is 7. The normalized spacial score (nSPS) is 20.0. The summed E-state index contributed by atoms with van der Waals surface area (Å²) >= 11 is 0. The van der Waals surface area contributed by atoms with Crippen LogP contribution in [-0.2, 0) is 35.8 Å². The van der Waals surface area contributed by atoms with Crippen molar-refractivity contribution in [3.8, 4) is 0 Å². The van der Waals surface area contributed by atoms with Crippen LogP contribution in [-0.4, -0.2) is 84.4 Å². The van der Waals surface area contributed by atoms with Crippen molar-refractivity contribution in [1.82, 2.24) is 4.90 Å². The Hall–Kier alpha value is -3.14. The van der Waals surface area contributed by atoms with Crippen LogP contribution in [0.1, 0.15) is 47.1 Å². The number of nitrogens with zero attached hydrogens (tertiary/aromatic N) is 2. The Balaban J connectivity index is 1.92. The van der Waals surface area contributed by atoms with E-state index in [0.717, 1.165) is 33.8 Å². The van der Waals surface area contributed by atoms with E-state index in [1.165, 1.54) is 12.2 Å². The van der Waals surface area contributed by atoms with E-state index >= 15 is 0 Å². The van der Waals surface area contributed by atoms with Crippen LogP contribution >= 0.6 is 0 Å². The number of benzene rings is 1. The average Bonchev–Trinajstić information content (AvgIpc) is 3.23. The van der Waals surface area contributed by atoms with E-state index in [9.17, 15) is 34.4 Å². The molecule has 14 heteroatoms. The molecule has 1 aromatic rings. The first-order valence-corrected chi connectivity index (χ1v) is 19.4. The molecular weight excluding hydrogens is 653 g/mol. The first-order chi connectivity index (χ1) is 21.0. The fourth-order valence-corrected chi connectivity index (χ4v) is 6.82. The van der Waals surface area contributed by atoms with E-state index in [1.54, 1.807) is 4.90 Å². The monoisotopic (exact) mass is 695 g/mol. The largest absolute Gasteiger partial charge is 0.343 e. The maximum absolute atomic E-state index is 11.6. The Morgan fingerprint density at radius 1 is 0.870 bits per heavy atom. The van der Waals surface area contributed by atoms with Crippen LogP contribution < -0.4 is 0 Å². The molecule has 2 aliphatic rings. The Kier molecular flexibility index (Phi) is 11.3. The van der Waals surface area contributed by atoms with Crippen LogP contribution in [0.4, 0.5) is 5.69 Å². The second kappa shape index (κ2) is 13.9. The van der Waals surface area contributed by atoms with Gasteiger partial charge in [-0.2, -0.15) is 29.8 Å². The number of hydrogen-bond donors (Lipinski definition) is 3. The third-order valence-electron chi connectivity index (χ3n) is 8.30. The van der Waals surface area contributed by atoms with E-state index in [2.05, 4.69) is 13.8 Å². The molecule has 3 rings (SSSR count). The molecule has 0 amide bonds. The van der Waals surface area contributed by atoms with Gasteiger partial charge >= 0.3 is 0 Å². The molecule has 46 heavy (non-hydrogen) atoms. The molecule has 0 fully saturated rings. The first kappa shape index (κ1) is 37.3. The summed E-state index contributed by atoms with van der Waals surface area (Å²) < 4.78 is 98.5. The van der Waals surface area contributed by atoms with Gasteiger partial charge in [-0.15, -0.1) is 0 Å². The maximum Gasteiger partial charge on any atom is 0.271 e. The highest BCUT2D eigenvalue weighted by molar-refractivity contribution is 7.86. The quantitative estimate of drug-likeness (QED) is 0.147. The fraction of sp³-hybridized carbons (Fsp3) is 0.406. The summed E-state index contributed by atoms with van der Waals surface area (Å²) in [7, 11) is -12.7. The maximum atomic E-state index is 11.6. The van der Waals surface area contributed by atoms with Gasteiger partial charge in [-0.3, -0.25) is 13.7 Å². The molecule has 252 valence electrons. The number of rotatable bonds is 13. The summed E-state index contributed by atoms with van der Waals surface area (Å²) in [6.07, 6.45) is 14.0. The molecule has 0 aromatic heterocycles. The number of para-hydroxylation sites is 1.